The molecule has 6 nitrogen and oxygen atoms in total. The van der Waals surface area contributed by atoms with Crippen LogP contribution >= 0.6 is 0 Å². The van der Waals surface area contributed by atoms with Crippen LogP contribution < -0.4 is 24.3 Å². The van der Waals surface area contributed by atoms with Crippen molar-refractivity contribution in [3.05, 3.63) is 48.0 Å². The van der Waals surface area contributed by atoms with Crippen LogP contribution in [0.1, 0.15) is 18.4 Å². The largest absolute Gasteiger partial charge is 0.497 e. The predicted octanol–water partition coefficient (Wildman–Crippen LogP) is 3.23. The molecule has 0 heterocycles. The van der Waals surface area contributed by atoms with Crippen molar-refractivity contribution in [3.63, 3.8) is 0 Å². The van der Waals surface area contributed by atoms with Gasteiger partial charge in [-0.05, 0) is 54.8 Å². The van der Waals surface area contributed by atoms with E-state index in [0.717, 1.165) is 29.9 Å². The molecule has 2 rings (SSSR count). The number of carbonyl (C=O) groups is 1. The smallest absolute Gasteiger partial charge is 0.220 e. The first-order chi connectivity index (χ1) is 13.2. The predicted molar refractivity (Wildman–Crippen MR) is 104 cm³/mol. The fraction of sp³-hybridized carbons (Fsp3) is 0.381. The van der Waals surface area contributed by atoms with Gasteiger partial charge in [0, 0.05) is 6.42 Å². The Kier molecular flexibility index (Phi) is 8.29. The van der Waals surface area contributed by atoms with Crippen LogP contribution in [-0.2, 0) is 11.2 Å². The molecule has 2 aromatic carbocycles. The van der Waals surface area contributed by atoms with E-state index in [1.807, 2.05) is 42.5 Å². The Morgan fingerprint density at radius 3 is 2.26 bits per heavy atom. The maximum Gasteiger partial charge on any atom is 0.220 e. The third-order valence-electron chi connectivity index (χ3n) is 4.07. The first-order valence-corrected chi connectivity index (χ1v) is 8.90. The van der Waals surface area contributed by atoms with Crippen LogP contribution in [0.4, 0.5) is 0 Å². The average molecular weight is 373 g/mol. The molecule has 2 aromatic rings. The molecule has 0 aliphatic rings. The maximum atomic E-state index is 11.9. The Labute approximate surface area is 160 Å². The number of methoxy groups -OCH3 is 3. The topological polar surface area (TPSA) is 66.0 Å². The Hall–Kier alpha value is -2.89. The molecule has 0 radical (unpaired) electrons. The van der Waals surface area contributed by atoms with Crippen molar-refractivity contribution < 1.29 is 23.7 Å². The molecule has 146 valence electrons. The third-order valence-corrected chi connectivity index (χ3v) is 4.07. The van der Waals surface area contributed by atoms with E-state index in [1.54, 1.807) is 21.3 Å². The number of benzene rings is 2. The van der Waals surface area contributed by atoms with E-state index < -0.39 is 0 Å². The summed E-state index contributed by atoms with van der Waals surface area (Å²) in [6, 6.07) is 13.2. The zero-order valence-electron chi connectivity index (χ0n) is 16.1. The highest BCUT2D eigenvalue weighted by Crippen LogP contribution is 2.28. The van der Waals surface area contributed by atoms with Gasteiger partial charge < -0.3 is 24.3 Å². The first-order valence-electron chi connectivity index (χ1n) is 8.90. The summed E-state index contributed by atoms with van der Waals surface area (Å²) in [6.45, 7) is 0.898. The van der Waals surface area contributed by atoms with Gasteiger partial charge >= 0.3 is 0 Å². The van der Waals surface area contributed by atoms with Gasteiger partial charge in [0.05, 0.1) is 27.9 Å². The summed E-state index contributed by atoms with van der Waals surface area (Å²) in [5, 5.41) is 2.87. The minimum Gasteiger partial charge on any atom is -0.497 e. The van der Waals surface area contributed by atoms with Gasteiger partial charge in [0.2, 0.25) is 5.91 Å². The van der Waals surface area contributed by atoms with Crippen molar-refractivity contribution in [2.75, 3.05) is 34.5 Å². The second-order valence-corrected chi connectivity index (χ2v) is 5.92. The van der Waals surface area contributed by atoms with Gasteiger partial charge in [-0.25, -0.2) is 0 Å². The number of amides is 1. The molecular weight excluding hydrogens is 346 g/mol. The van der Waals surface area contributed by atoms with Crippen molar-refractivity contribution in [1.29, 1.82) is 0 Å². The molecular formula is C21H27NO5. The van der Waals surface area contributed by atoms with Crippen molar-refractivity contribution in [2.24, 2.45) is 0 Å². The van der Waals surface area contributed by atoms with Gasteiger partial charge in [-0.15, -0.1) is 0 Å². The molecule has 1 N–H and O–H groups in total. The summed E-state index contributed by atoms with van der Waals surface area (Å²) in [5.41, 5.74) is 1.11. The summed E-state index contributed by atoms with van der Waals surface area (Å²) in [5.74, 6) is 2.96. The molecule has 0 aliphatic heterocycles. The Balaban J connectivity index is 1.63. The third kappa shape index (κ3) is 6.73. The van der Waals surface area contributed by atoms with Crippen molar-refractivity contribution in [1.82, 2.24) is 5.32 Å². The Morgan fingerprint density at radius 2 is 1.59 bits per heavy atom. The molecule has 0 atom stereocenters. The Morgan fingerprint density at radius 1 is 0.889 bits per heavy atom. The molecule has 1 amide bonds. The number of aryl methyl sites for hydroxylation is 1. The number of carbonyl (C=O) groups excluding carboxylic acids is 1. The fourth-order valence-corrected chi connectivity index (χ4v) is 2.61. The van der Waals surface area contributed by atoms with Crippen LogP contribution in [0, 0.1) is 0 Å². The first kappa shape index (κ1) is 20.4. The quantitative estimate of drug-likeness (QED) is 0.613. The number of ether oxygens (including phenoxy) is 4. The lowest BCUT2D eigenvalue weighted by Crippen LogP contribution is -2.27. The average Bonchev–Trinajstić information content (AvgIpc) is 2.71. The van der Waals surface area contributed by atoms with Gasteiger partial charge in [0.15, 0.2) is 11.5 Å². The molecule has 0 bridgehead atoms. The van der Waals surface area contributed by atoms with Crippen LogP contribution in [0.15, 0.2) is 42.5 Å². The SMILES string of the molecule is COc1ccc(OCCNC(=O)CCCc2ccc(OC)c(OC)c2)cc1. The Bertz CT molecular complexity index is 715. The second-order valence-electron chi connectivity index (χ2n) is 5.92. The molecule has 0 fully saturated rings. The van der Waals surface area contributed by atoms with Crippen molar-refractivity contribution >= 4 is 5.91 Å². The van der Waals surface area contributed by atoms with E-state index in [0.29, 0.717) is 31.1 Å². The van der Waals surface area contributed by atoms with Gasteiger partial charge in [-0.3, -0.25) is 4.79 Å². The molecule has 0 saturated heterocycles. The lowest BCUT2D eigenvalue weighted by molar-refractivity contribution is -0.121. The van der Waals surface area contributed by atoms with Gasteiger partial charge in [0.1, 0.15) is 18.1 Å². The van der Waals surface area contributed by atoms with Crippen LogP contribution in [0.2, 0.25) is 0 Å². The summed E-state index contributed by atoms with van der Waals surface area (Å²) >= 11 is 0. The van der Waals surface area contributed by atoms with E-state index in [9.17, 15) is 4.79 Å². The van der Waals surface area contributed by atoms with E-state index in [2.05, 4.69) is 5.32 Å². The highest BCUT2D eigenvalue weighted by molar-refractivity contribution is 5.75. The minimum atomic E-state index is 0.0220. The number of nitrogens with one attached hydrogen (secondary N) is 1. The molecule has 0 saturated carbocycles. The van der Waals surface area contributed by atoms with Crippen LogP contribution in [0.5, 0.6) is 23.0 Å². The van der Waals surface area contributed by atoms with E-state index >= 15 is 0 Å². The van der Waals surface area contributed by atoms with E-state index in [4.69, 9.17) is 18.9 Å². The number of hydrogen-bond acceptors (Lipinski definition) is 5. The minimum absolute atomic E-state index is 0.0220. The zero-order chi connectivity index (χ0) is 19.5. The maximum absolute atomic E-state index is 11.9. The highest BCUT2D eigenvalue weighted by atomic mass is 16.5. The second kappa shape index (κ2) is 11.0. The van der Waals surface area contributed by atoms with Gasteiger partial charge in [0.25, 0.3) is 0 Å². The molecule has 27 heavy (non-hydrogen) atoms. The fourth-order valence-electron chi connectivity index (χ4n) is 2.61. The highest BCUT2D eigenvalue weighted by Gasteiger charge is 2.06. The normalized spacial score (nSPS) is 10.2. The summed E-state index contributed by atoms with van der Waals surface area (Å²) in [4.78, 5) is 11.9. The molecule has 0 unspecified atom stereocenters. The van der Waals surface area contributed by atoms with Crippen LogP contribution in [0.3, 0.4) is 0 Å². The molecule has 0 spiro atoms. The van der Waals surface area contributed by atoms with Gasteiger partial charge in [-0.1, -0.05) is 6.07 Å². The van der Waals surface area contributed by atoms with Crippen LogP contribution in [0.25, 0.3) is 0 Å². The monoisotopic (exact) mass is 373 g/mol. The van der Waals surface area contributed by atoms with E-state index in [1.165, 1.54) is 0 Å². The summed E-state index contributed by atoms with van der Waals surface area (Å²) in [6.07, 6.45) is 2.04. The van der Waals surface area contributed by atoms with Crippen molar-refractivity contribution in [2.45, 2.75) is 19.3 Å². The molecule has 0 aliphatic carbocycles. The molecule has 0 aromatic heterocycles. The zero-order valence-corrected chi connectivity index (χ0v) is 16.1. The van der Waals surface area contributed by atoms with Crippen LogP contribution in [-0.4, -0.2) is 40.4 Å². The molecule has 6 heteroatoms. The number of hydrogen-bond donors (Lipinski definition) is 1. The number of rotatable bonds is 11. The lowest BCUT2D eigenvalue weighted by atomic mass is 10.1. The summed E-state index contributed by atoms with van der Waals surface area (Å²) in [7, 11) is 4.85. The van der Waals surface area contributed by atoms with Crippen molar-refractivity contribution in [3.8, 4) is 23.0 Å². The van der Waals surface area contributed by atoms with Gasteiger partial charge in [-0.2, -0.15) is 0 Å². The van der Waals surface area contributed by atoms with E-state index in [-0.39, 0.29) is 5.91 Å². The standard InChI is InChI=1S/C21H27NO5/c1-24-17-8-10-18(11-9-17)27-14-13-22-21(23)6-4-5-16-7-12-19(25-2)20(15-16)26-3/h7-12,15H,4-6,13-14H2,1-3H3,(H,22,23). The summed E-state index contributed by atoms with van der Waals surface area (Å²) < 4.78 is 21.2. The lowest BCUT2D eigenvalue weighted by Gasteiger charge is -2.10.